The zero-order chi connectivity index (χ0) is 8.48. The summed E-state index contributed by atoms with van der Waals surface area (Å²) >= 11 is 0. The van der Waals surface area contributed by atoms with Gasteiger partial charge in [0.15, 0.2) is 0 Å². The molecule has 1 heterocycles. The van der Waals surface area contributed by atoms with Crippen molar-refractivity contribution in [2.24, 2.45) is 5.73 Å². The summed E-state index contributed by atoms with van der Waals surface area (Å²) in [6.07, 6.45) is 0. The summed E-state index contributed by atoms with van der Waals surface area (Å²) in [4.78, 5) is 11.0. The van der Waals surface area contributed by atoms with Gasteiger partial charge in [0.05, 0.1) is 0 Å². The Bertz CT molecular complexity index is 171. The summed E-state index contributed by atoms with van der Waals surface area (Å²) in [7, 11) is 0. The lowest BCUT2D eigenvalue weighted by Gasteiger charge is -2.41. The highest BCUT2D eigenvalue weighted by atomic mass is 35.5. The van der Waals surface area contributed by atoms with Crippen LogP contribution in [0.2, 0.25) is 0 Å². The molecule has 1 fully saturated rings. The van der Waals surface area contributed by atoms with Crippen molar-refractivity contribution < 1.29 is 4.79 Å². The van der Waals surface area contributed by atoms with Gasteiger partial charge in [0.2, 0.25) is 5.91 Å². The molecule has 1 amide bonds. The van der Waals surface area contributed by atoms with Gasteiger partial charge in [-0.15, -0.1) is 24.8 Å². The molecule has 0 saturated carbocycles. The van der Waals surface area contributed by atoms with E-state index in [1.807, 2.05) is 13.8 Å². The molecule has 13 heavy (non-hydrogen) atoms. The first kappa shape index (κ1) is 15.4. The Kier molecular flexibility index (Phi) is 6.71. The highest BCUT2D eigenvalue weighted by molar-refractivity contribution is 5.86. The summed E-state index contributed by atoms with van der Waals surface area (Å²) in [5, 5.41) is 6.18. The van der Waals surface area contributed by atoms with Gasteiger partial charge in [-0.1, -0.05) is 0 Å². The van der Waals surface area contributed by atoms with Gasteiger partial charge < -0.3 is 11.1 Å². The first-order valence-corrected chi connectivity index (χ1v) is 3.85. The average molecular weight is 230 g/mol. The molecule has 0 unspecified atom stereocenters. The predicted octanol–water partition coefficient (Wildman–Crippen LogP) is -0.345. The average Bonchev–Trinajstić information content (AvgIpc) is 1.77. The number of carbonyl (C=O) groups excluding carboxylic acids is 1. The van der Waals surface area contributed by atoms with Crippen LogP contribution in [0, 0.1) is 0 Å². The third-order valence-corrected chi connectivity index (χ3v) is 1.89. The number of carbonyl (C=O) groups is 1. The number of rotatable bonds is 3. The van der Waals surface area contributed by atoms with Crippen LogP contribution in [0.1, 0.15) is 13.8 Å². The topological polar surface area (TPSA) is 67.1 Å². The standard InChI is InChI=1S/C7H15N3O.2ClH/c1-5(2)10-7(6(8)11)3-9-4-7;;/h5,9-10H,3-4H2,1-2H3,(H2,8,11);2*1H. The van der Waals surface area contributed by atoms with Gasteiger partial charge in [0, 0.05) is 19.1 Å². The molecular weight excluding hydrogens is 213 g/mol. The second-order valence-corrected chi connectivity index (χ2v) is 3.35. The van der Waals surface area contributed by atoms with Crippen molar-refractivity contribution in [1.29, 1.82) is 0 Å². The SMILES string of the molecule is CC(C)NC1(C(N)=O)CNC1.Cl.Cl. The van der Waals surface area contributed by atoms with E-state index in [1.54, 1.807) is 0 Å². The number of nitrogens with two attached hydrogens (primary N) is 1. The maximum atomic E-state index is 11.0. The molecule has 0 aromatic carbocycles. The van der Waals surface area contributed by atoms with E-state index in [-0.39, 0.29) is 30.7 Å². The first-order valence-electron chi connectivity index (χ1n) is 3.85. The van der Waals surface area contributed by atoms with Crippen molar-refractivity contribution in [3.05, 3.63) is 0 Å². The Balaban J connectivity index is 0. The summed E-state index contributed by atoms with van der Waals surface area (Å²) in [5.41, 5.74) is 4.76. The summed E-state index contributed by atoms with van der Waals surface area (Å²) < 4.78 is 0. The highest BCUT2D eigenvalue weighted by Crippen LogP contribution is 2.10. The van der Waals surface area contributed by atoms with Gasteiger partial charge in [-0.25, -0.2) is 0 Å². The molecule has 1 aliphatic rings. The molecule has 0 radical (unpaired) electrons. The highest BCUT2D eigenvalue weighted by Gasteiger charge is 2.42. The molecule has 0 aliphatic carbocycles. The van der Waals surface area contributed by atoms with E-state index in [9.17, 15) is 4.79 Å². The molecule has 0 atom stereocenters. The Hall–Kier alpha value is -0.0300. The van der Waals surface area contributed by atoms with Gasteiger partial charge in [0.1, 0.15) is 5.54 Å². The van der Waals surface area contributed by atoms with Gasteiger partial charge in [-0.05, 0) is 13.8 Å². The Morgan fingerprint density at radius 2 is 1.92 bits per heavy atom. The molecule has 1 rings (SSSR count). The van der Waals surface area contributed by atoms with Gasteiger partial charge in [0.25, 0.3) is 0 Å². The molecule has 6 heteroatoms. The second-order valence-electron chi connectivity index (χ2n) is 3.35. The van der Waals surface area contributed by atoms with Crippen molar-refractivity contribution in [3.8, 4) is 0 Å². The Morgan fingerprint density at radius 1 is 1.46 bits per heavy atom. The van der Waals surface area contributed by atoms with Crippen molar-refractivity contribution in [2.45, 2.75) is 25.4 Å². The van der Waals surface area contributed by atoms with Gasteiger partial charge in [-0.2, -0.15) is 0 Å². The normalized spacial score (nSPS) is 18.1. The molecule has 80 valence electrons. The van der Waals surface area contributed by atoms with Gasteiger partial charge in [-0.3, -0.25) is 10.1 Å². The Morgan fingerprint density at radius 3 is 2.00 bits per heavy atom. The maximum Gasteiger partial charge on any atom is 0.240 e. The molecular formula is C7H17Cl2N3O. The van der Waals surface area contributed by atoms with Crippen LogP contribution in [0.25, 0.3) is 0 Å². The van der Waals surface area contributed by atoms with Crippen molar-refractivity contribution >= 4 is 30.7 Å². The van der Waals surface area contributed by atoms with E-state index >= 15 is 0 Å². The van der Waals surface area contributed by atoms with Crippen molar-refractivity contribution in [1.82, 2.24) is 10.6 Å². The van der Waals surface area contributed by atoms with Crippen LogP contribution in [0.3, 0.4) is 0 Å². The molecule has 0 bridgehead atoms. The van der Waals surface area contributed by atoms with Crippen LogP contribution in [0.5, 0.6) is 0 Å². The lowest BCUT2D eigenvalue weighted by molar-refractivity contribution is -0.126. The summed E-state index contributed by atoms with van der Waals surface area (Å²) in [5.74, 6) is -0.259. The van der Waals surface area contributed by atoms with E-state index in [4.69, 9.17) is 5.73 Å². The molecule has 0 aromatic heterocycles. The van der Waals surface area contributed by atoms with E-state index in [0.29, 0.717) is 19.1 Å². The molecule has 4 N–H and O–H groups in total. The number of hydrogen-bond donors (Lipinski definition) is 3. The molecule has 0 aromatic rings. The molecule has 1 saturated heterocycles. The number of amides is 1. The third kappa shape index (κ3) is 3.31. The van der Waals surface area contributed by atoms with Crippen LogP contribution in [0.15, 0.2) is 0 Å². The minimum Gasteiger partial charge on any atom is -0.368 e. The monoisotopic (exact) mass is 229 g/mol. The van der Waals surface area contributed by atoms with Crippen LogP contribution < -0.4 is 16.4 Å². The fourth-order valence-corrected chi connectivity index (χ4v) is 1.28. The molecule has 4 nitrogen and oxygen atoms in total. The first-order chi connectivity index (χ1) is 5.07. The van der Waals surface area contributed by atoms with Gasteiger partial charge >= 0.3 is 0 Å². The van der Waals surface area contributed by atoms with Crippen LogP contribution in [-0.2, 0) is 4.79 Å². The predicted molar refractivity (Wildman–Crippen MR) is 57.6 cm³/mol. The number of halogens is 2. The minimum absolute atomic E-state index is 0. The minimum atomic E-state index is -0.478. The Labute approximate surface area is 90.8 Å². The quantitative estimate of drug-likeness (QED) is 0.621. The molecule has 1 aliphatic heterocycles. The van der Waals surface area contributed by atoms with E-state index in [1.165, 1.54) is 0 Å². The van der Waals surface area contributed by atoms with E-state index < -0.39 is 5.54 Å². The van der Waals surface area contributed by atoms with Crippen LogP contribution in [-0.4, -0.2) is 30.6 Å². The number of primary amides is 1. The second kappa shape index (κ2) is 5.65. The number of hydrogen-bond acceptors (Lipinski definition) is 3. The lowest BCUT2D eigenvalue weighted by atomic mass is 9.91. The lowest BCUT2D eigenvalue weighted by Crippen LogP contribution is -2.74. The smallest absolute Gasteiger partial charge is 0.240 e. The summed E-state index contributed by atoms with van der Waals surface area (Å²) in [6.45, 7) is 5.31. The van der Waals surface area contributed by atoms with Crippen LogP contribution in [0.4, 0.5) is 0 Å². The maximum absolute atomic E-state index is 11.0. The van der Waals surface area contributed by atoms with Crippen molar-refractivity contribution in [3.63, 3.8) is 0 Å². The van der Waals surface area contributed by atoms with Crippen molar-refractivity contribution in [2.75, 3.05) is 13.1 Å². The van der Waals surface area contributed by atoms with Crippen LogP contribution >= 0.6 is 24.8 Å². The zero-order valence-electron chi connectivity index (χ0n) is 7.79. The fraction of sp³-hybridized carbons (Fsp3) is 0.857. The number of nitrogens with one attached hydrogen (secondary N) is 2. The zero-order valence-corrected chi connectivity index (χ0v) is 9.43. The largest absolute Gasteiger partial charge is 0.368 e. The summed E-state index contributed by atoms with van der Waals surface area (Å²) in [6, 6.07) is 0.296. The third-order valence-electron chi connectivity index (χ3n) is 1.89. The fourth-order valence-electron chi connectivity index (χ4n) is 1.28. The van der Waals surface area contributed by atoms with E-state index in [0.717, 1.165) is 0 Å². The molecule has 0 spiro atoms. The van der Waals surface area contributed by atoms with E-state index in [2.05, 4.69) is 10.6 Å².